The highest BCUT2D eigenvalue weighted by molar-refractivity contribution is 14.0. The van der Waals surface area contributed by atoms with Crippen LogP contribution in [0.5, 0.6) is 0 Å². The van der Waals surface area contributed by atoms with E-state index in [4.69, 9.17) is 4.74 Å². The molecule has 1 rings (SSSR count). The minimum atomic E-state index is 0. The van der Waals surface area contributed by atoms with Crippen molar-refractivity contribution in [3.63, 3.8) is 0 Å². The molecule has 7 heteroatoms. The van der Waals surface area contributed by atoms with Crippen molar-refractivity contribution in [2.75, 3.05) is 33.4 Å². The van der Waals surface area contributed by atoms with Gasteiger partial charge in [-0.2, -0.15) is 0 Å². The number of unbranched alkanes of at least 4 members (excludes halogenated alkanes) is 1. The molecule has 0 spiro atoms. The van der Waals surface area contributed by atoms with E-state index in [-0.39, 0.29) is 24.0 Å². The van der Waals surface area contributed by atoms with Gasteiger partial charge in [0.05, 0.1) is 11.6 Å². The van der Waals surface area contributed by atoms with Gasteiger partial charge in [-0.25, -0.2) is 4.98 Å². The highest BCUT2D eigenvalue weighted by Crippen LogP contribution is 2.13. The largest absolute Gasteiger partial charge is 0.380 e. The van der Waals surface area contributed by atoms with E-state index in [0.29, 0.717) is 6.61 Å². The molecule has 0 aromatic carbocycles. The number of aliphatic imine (C=N–C) groups is 1. The molecule has 1 aromatic rings. The van der Waals surface area contributed by atoms with Crippen molar-refractivity contribution in [1.29, 1.82) is 0 Å². The molecule has 0 aliphatic rings. The number of guanidine groups is 1. The number of ether oxygens (including phenoxy) is 1. The van der Waals surface area contributed by atoms with Gasteiger partial charge in [0.15, 0.2) is 5.96 Å². The van der Waals surface area contributed by atoms with Gasteiger partial charge in [-0.3, -0.25) is 4.99 Å². The predicted octanol–water partition coefficient (Wildman–Crippen LogP) is 2.85. The van der Waals surface area contributed by atoms with Crippen LogP contribution < -0.4 is 10.6 Å². The van der Waals surface area contributed by atoms with Crippen LogP contribution in [0.1, 0.15) is 36.6 Å². The van der Waals surface area contributed by atoms with Gasteiger partial charge in [0.2, 0.25) is 0 Å². The second-order valence-electron chi connectivity index (χ2n) is 4.72. The van der Waals surface area contributed by atoms with E-state index >= 15 is 0 Å². The van der Waals surface area contributed by atoms with E-state index < -0.39 is 0 Å². The van der Waals surface area contributed by atoms with Gasteiger partial charge in [0, 0.05) is 44.2 Å². The summed E-state index contributed by atoms with van der Waals surface area (Å²) in [5.41, 5.74) is 0. The lowest BCUT2D eigenvalue weighted by atomic mass is 10.4. The highest BCUT2D eigenvalue weighted by atomic mass is 127. The number of aromatic nitrogens is 1. The Hall–Kier alpha value is -0.410. The van der Waals surface area contributed by atoms with E-state index in [1.165, 1.54) is 16.3 Å². The van der Waals surface area contributed by atoms with Crippen molar-refractivity contribution in [2.45, 2.75) is 39.5 Å². The number of halogens is 1. The molecule has 1 heterocycles. The standard InChI is InChI=1S/C15H28N4OS.HI/c1-4-6-10-20-11-9-18-15(16-3)17-8-7-14-19-12-13(5-2)21-14;/h12H,4-11H2,1-3H3,(H2,16,17,18);1H. The molecule has 0 saturated heterocycles. The van der Waals surface area contributed by atoms with E-state index in [1.54, 1.807) is 18.4 Å². The number of hydrogen-bond donors (Lipinski definition) is 2. The summed E-state index contributed by atoms with van der Waals surface area (Å²) in [4.78, 5) is 9.95. The van der Waals surface area contributed by atoms with Crippen LogP contribution in [-0.4, -0.2) is 44.3 Å². The molecule has 0 bridgehead atoms. The average molecular weight is 440 g/mol. The zero-order valence-electron chi connectivity index (χ0n) is 13.9. The Kier molecular flexibility index (Phi) is 13.9. The molecule has 0 unspecified atom stereocenters. The third-order valence-corrected chi connectivity index (χ3v) is 4.19. The first kappa shape index (κ1) is 21.6. The summed E-state index contributed by atoms with van der Waals surface area (Å²) in [6, 6.07) is 0. The quantitative estimate of drug-likeness (QED) is 0.254. The summed E-state index contributed by atoms with van der Waals surface area (Å²) in [7, 11) is 1.78. The second-order valence-corrected chi connectivity index (χ2v) is 5.92. The molecule has 0 amide bonds. The molecule has 1 aromatic heterocycles. The molecule has 22 heavy (non-hydrogen) atoms. The predicted molar refractivity (Wildman–Crippen MR) is 106 cm³/mol. The van der Waals surface area contributed by atoms with Crippen LogP contribution in [0.2, 0.25) is 0 Å². The van der Waals surface area contributed by atoms with Gasteiger partial charge in [-0.15, -0.1) is 35.3 Å². The van der Waals surface area contributed by atoms with Crippen LogP contribution >= 0.6 is 35.3 Å². The summed E-state index contributed by atoms with van der Waals surface area (Å²) in [5.74, 6) is 0.821. The molecule has 0 saturated carbocycles. The topological polar surface area (TPSA) is 58.5 Å². The van der Waals surface area contributed by atoms with Crippen molar-refractivity contribution in [1.82, 2.24) is 15.6 Å². The summed E-state index contributed by atoms with van der Waals surface area (Å²) in [6.45, 7) is 7.50. The van der Waals surface area contributed by atoms with Gasteiger partial charge in [0.25, 0.3) is 0 Å². The highest BCUT2D eigenvalue weighted by Gasteiger charge is 2.01. The Labute approximate surface area is 155 Å². The molecule has 0 fully saturated rings. The smallest absolute Gasteiger partial charge is 0.191 e. The average Bonchev–Trinajstić information content (AvgIpc) is 2.97. The Morgan fingerprint density at radius 3 is 2.68 bits per heavy atom. The zero-order chi connectivity index (χ0) is 15.3. The van der Waals surface area contributed by atoms with Crippen molar-refractivity contribution in [3.8, 4) is 0 Å². The summed E-state index contributed by atoms with van der Waals surface area (Å²) >= 11 is 1.79. The summed E-state index contributed by atoms with van der Waals surface area (Å²) in [6.07, 6.45) is 6.26. The van der Waals surface area contributed by atoms with Crippen molar-refractivity contribution in [2.24, 2.45) is 4.99 Å². The third-order valence-electron chi connectivity index (χ3n) is 2.99. The molecule has 0 atom stereocenters. The minimum absolute atomic E-state index is 0. The van der Waals surface area contributed by atoms with Crippen LogP contribution in [0.3, 0.4) is 0 Å². The number of nitrogens with zero attached hydrogens (tertiary/aromatic N) is 2. The number of aryl methyl sites for hydroxylation is 1. The number of thiazole rings is 1. The van der Waals surface area contributed by atoms with Crippen molar-refractivity contribution >= 4 is 41.3 Å². The van der Waals surface area contributed by atoms with Crippen LogP contribution in [0.4, 0.5) is 0 Å². The minimum Gasteiger partial charge on any atom is -0.380 e. The molecule has 0 aliphatic carbocycles. The van der Waals surface area contributed by atoms with Crippen LogP contribution in [-0.2, 0) is 17.6 Å². The fraction of sp³-hybridized carbons (Fsp3) is 0.733. The molecule has 0 aliphatic heterocycles. The monoisotopic (exact) mass is 440 g/mol. The Bertz CT molecular complexity index is 412. The first-order chi connectivity index (χ1) is 10.3. The maximum Gasteiger partial charge on any atom is 0.191 e. The van der Waals surface area contributed by atoms with Crippen LogP contribution in [0.15, 0.2) is 11.2 Å². The molecule has 128 valence electrons. The molecular weight excluding hydrogens is 411 g/mol. The van der Waals surface area contributed by atoms with Crippen molar-refractivity contribution in [3.05, 3.63) is 16.1 Å². The van der Waals surface area contributed by atoms with Gasteiger partial charge in [-0.1, -0.05) is 20.3 Å². The number of nitrogens with one attached hydrogen (secondary N) is 2. The van der Waals surface area contributed by atoms with Crippen LogP contribution in [0.25, 0.3) is 0 Å². The Morgan fingerprint density at radius 2 is 2.05 bits per heavy atom. The van der Waals surface area contributed by atoms with E-state index in [2.05, 4.69) is 34.5 Å². The SMILES string of the molecule is CCCCOCCNC(=NC)NCCc1ncc(CC)s1.I. The Morgan fingerprint density at radius 1 is 1.27 bits per heavy atom. The molecule has 2 N–H and O–H groups in total. The number of hydrogen-bond acceptors (Lipinski definition) is 4. The van der Waals surface area contributed by atoms with Crippen LogP contribution in [0, 0.1) is 0 Å². The van der Waals surface area contributed by atoms with Crippen molar-refractivity contribution < 1.29 is 4.74 Å². The lowest BCUT2D eigenvalue weighted by Gasteiger charge is -2.11. The Balaban J connectivity index is 0.00000441. The van der Waals surface area contributed by atoms with Gasteiger partial charge >= 0.3 is 0 Å². The summed E-state index contributed by atoms with van der Waals surface area (Å²) < 4.78 is 5.50. The number of rotatable bonds is 10. The fourth-order valence-electron chi connectivity index (χ4n) is 1.73. The first-order valence-corrected chi connectivity index (χ1v) is 8.57. The third kappa shape index (κ3) is 9.58. The van der Waals surface area contributed by atoms with E-state index in [0.717, 1.165) is 44.9 Å². The maximum atomic E-state index is 5.50. The van der Waals surface area contributed by atoms with Gasteiger partial charge in [-0.05, 0) is 12.8 Å². The summed E-state index contributed by atoms with van der Waals surface area (Å²) in [5, 5.41) is 7.72. The lowest BCUT2D eigenvalue weighted by Crippen LogP contribution is -2.39. The molecular formula is C15H29IN4OS. The zero-order valence-corrected chi connectivity index (χ0v) is 17.0. The first-order valence-electron chi connectivity index (χ1n) is 7.76. The van der Waals surface area contributed by atoms with E-state index in [9.17, 15) is 0 Å². The second kappa shape index (κ2) is 14.2. The van der Waals surface area contributed by atoms with Gasteiger partial charge < -0.3 is 15.4 Å². The normalized spacial score (nSPS) is 11.1. The fourth-order valence-corrected chi connectivity index (χ4v) is 2.59. The van der Waals surface area contributed by atoms with E-state index in [1.807, 2.05) is 6.20 Å². The maximum absolute atomic E-state index is 5.50. The van der Waals surface area contributed by atoms with Gasteiger partial charge in [0.1, 0.15) is 0 Å². The lowest BCUT2D eigenvalue weighted by molar-refractivity contribution is 0.136. The molecule has 5 nitrogen and oxygen atoms in total. The molecule has 0 radical (unpaired) electrons.